The highest BCUT2D eigenvalue weighted by Crippen LogP contribution is 2.44. The van der Waals surface area contributed by atoms with Crippen LogP contribution in [0.15, 0.2) is 48.5 Å². The Labute approximate surface area is 207 Å². The fraction of sp³-hybridized carbons (Fsp3) is 0.464. The number of rotatable bonds is 11. The largest absolute Gasteiger partial charge is 0.481 e. The van der Waals surface area contributed by atoms with Crippen LogP contribution in [0.25, 0.3) is 11.1 Å². The van der Waals surface area contributed by atoms with Gasteiger partial charge in [-0.25, -0.2) is 4.79 Å². The smallest absolute Gasteiger partial charge is 0.407 e. The van der Waals surface area contributed by atoms with Crippen molar-refractivity contribution >= 4 is 18.0 Å². The lowest BCUT2D eigenvalue weighted by atomic mass is 9.91. The number of benzene rings is 2. The summed E-state index contributed by atoms with van der Waals surface area (Å²) < 4.78 is 5.60. The van der Waals surface area contributed by atoms with Crippen LogP contribution in [0, 0.1) is 17.8 Å². The van der Waals surface area contributed by atoms with Gasteiger partial charge in [0.1, 0.15) is 6.61 Å². The molecule has 2 aromatic rings. The van der Waals surface area contributed by atoms with Crippen LogP contribution in [0.3, 0.4) is 0 Å². The summed E-state index contributed by atoms with van der Waals surface area (Å²) in [4.78, 5) is 36.2. The fourth-order valence-corrected chi connectivity index (χ4v) is 4.55. The maximum atomic E-state index is 12.6. The molecule has 0 saturated carbocycles. The molecular formula is C28H36N2O5. The zero-order chi connectivity index (χ0) is 25.5. The van der Waals surface area contributed by atoms with Gasteiger partial charge in [-0.15, -0.1) is 0 Å². The number of carboxylic acids is 1. The molecule has 7 heteroatoms. The van der Waals surface area contributed by atoms with Gasteiger partial charge in [0, 0.05) is 24.9 Å². The Bertz CT molecular complexity index is 1000. The van der Waals surface area contributed by atoms with Gasteiger partial charge >= 0.3 is 12.1 Å². The van der Waals surface area contributed by atoms with Crippen LogP contribution in [-0.2, 0) is 14.3 Å². The second-order valence-electron chi connectivity index (χ2n) is 9.93. The van der Waals surface area contributed by atoms with Gasteiger partial charge in [0.15, 0.2) is 0 Å². The van der Waals surface area contributed by atoms with Crippen molar-refractivity contribution in [3.63, 3.8) is 0 Å². The lowest BCUT2D eigenvalue weighted by Crippen LogP contribution is -2.42. The molecule has 35 heavy (non-hydrogen) atoms. The number of carbonyl (C=O) groups excluding carboxylic acids is 2. The molecule has 0 heterocycles. The summed E-state index contributed by atoms with van der Waals surface area (Å²) in [6.45, 7) is 8.28. The van der Waals surface area contributed by atoms with Crippen LogP contribution >= 0.6 is 0 Å². The third-order valence-electron chi connectivity index (χ3n) is 6.79. The SMILES string of the molecule is CC(C)C(CNC(=O)OCC1c2ccccc2-c2ccccc21)CC(=O)NC(CC(=O)O)C(C)C. The predicted octanol–water partition coefficient (Wildman–Crippen LogP) is 4.80. The minimum atomic E-state index is -0.943. The van der Waals surface area contributed by atoms with E-state index in [1.165, 1.54) is 11.1 Å². The fourth-order valence-electron chi connectivity index (χ4n) is 4.55. The second kappa shape index (κ2) is 11.9. The van der Waals surface area contributed by atoms with Gasteiger partial charge in [-0.3, -0.25) is 9.59 Å². The zero-order valence-electron chi connectivity index (χ0n) is 20.9. The van der Waals surface area contributed by atoms with E-state index in [-0.39, 0.29) is 49.0 Å². The molecule has 0 spiro atoms. The lowest BCUT2D eigenvalue weighted by Gasteiger charge is -2.24. The van der Waals surface area contributed by atoms with Crippen LogP contribution in [0.1, 0.15) is 57.6 Å². The van der Waals surface area contributed by atoms with Gasteiger partial charge in [-0.1, -0.05) is 76.2 Å². The highest BCUT2D eigenvalue weighted by Gasteiger charge is 2.29. The lowest BCUT2D eigenvalue weighted by molar-refractivity contribution is -0.138. The molecule has 0 fully saturated rings. The molecule has 0 aliphatic heterocycles. The van der Waals surface area contributed by atoms with Gasteiger partial charge < -0.3 is 20.5 Å². The van der Waals surface area contributed by atoms with E-state index >= 15 is 0 Å². The Kier molecular flexibility index (Phi) is 8.90. The van der Waals surface area contributed by atoms with Crippen LogP contribution in [-0.4, -0.2) is 42.3 Å². The van der Waals surface area contributed by atoms with E-state index in [9.17, 15) is 14.4 Å². The molecule has 2 amide bonds. The van der Waals surface area contributed by atoms with Crippen molar-refractivity contribution in [2.45, 2.75) is 52.5 Å². The predicted molar refractivity (Wildman–Crippen MR) is 135 cm³/mol. The number of amides is 2. The number of hydrogen-bond donors (Lipinski definition) is 3. The van der Waals surface area contributed by atoms with Crippen LogP contribution < -0.4 is 10.6 Å². The molecule has 2 aromatic carbocycles. The molecule has 0 aromatic heterocycles. The minimum absolute atomic E-state index is 0.00602. The zero-order valence-corrected chi connectivity index (χ0v) is 20.9. The Morgan fingerprint density at radius 1 is 0.886 bits per heavy atom. The molecule has 0 saturated heterocycles. The maximum absolute atomic E-state index is 12.6. The standard InChI is InChI=1S/C28H36N2O5/c1-17(2)19(13-26(31)30-25(18(3)4)14-27(32)33)15-29-28(34)35-16-24-22-11-7-5-9-20(22)21-10-6-8-12-23(21)24/h5-12,17-19,24-25H,13-16H2,1-4H3,(H,29,34)(H,30,31)(H,32,33). The first-order valence-corrected chi connectivity index (χ1v) is 12.3. The first-order valence-electron chi connectivity index (χ1n) is 12.3. The number of nitrogens with one attached hydrogen (secondary N) is 2. The average molecular weight is 481 g/mol. The summed E-state index contributed by atoms with van der Waals surface area (Å²) in [6.07, 6.45) is -0.429. The van der Waals surface area contributed by atoms with Gasteiger partial charge in [-0.2, -0.15) is 0 Å². The van der Waals surface area contributed by atoms with E-state index in [0.717, 1.165) is 11.1 Å². The topological polar surface area (TPSA) is 105 Å². The van der Waals surface area contributed by atoms with Gasteiger partial charge in [0.25, 0.3) is 0 Å². The summed E-state index contributed by atoms with van der Waals surface area (Å²) in [5.74, 6) is -1.12. The normalized spacial score (nSPS) is 14.2. The second-order valence-corrected chi connectivity index (χ2v) is 9.93. The molecule has 7 nitrogen and oxygen atoms in total. The maximum Gasteiger partial charge on any atom is 0.407 e. The number of fused-ring (bicyclic) bond motifs is 3. The first-order chi connectivity index (χ1) is 16.7. The number of carbonyl (C=O) groups is 3. The number of carboxylic acid groups (broad SMARTS) is 1. The molecule has 2 atom stereocenters. The van der Waals surface area contributed by atoms with Crippen LogP contribution in [0.5, 0.6) is 0 Å². The van der Waals surface area contributed by atoms with Crippen molar-refractivity contribution in [3.05, 3.63) is 59.7 Å². The van der Waals surface area contributed by atoms with Crippen molar-refractivity contribution < 1.29 is 24.2 Å². The highest BCUT2D eigenvalue weighted by molar-refractivity contribution is 5.79. The molecule has 3 rings (SSSR count). The van der Waals surface area contributed by atoms with Gasteiger partial charge in [0.05, 0.1) is 6.42 Å². The summed E-state index contributed by atoms with van der Waals surface area (Å²) >= 11 is 0. The Morgan fingerprint density at radius 3 is 1.97 bits per heavy atom. The summed E-state index contributed by atoms with van der Waals surface area (Å²) in [6, 6.07) is 15.9. The third kappa shape index (κ3) is 6.84. The Hall–Kier alpha value is -3.35. The number of aliphatic carboxylic acids is 1. The van der Waals surface area contributed by atoms with Crippen molar-refractivity contribution in [3.8, 4) is 11.1 Å². The van der Waals surface area contributed by atoms with Gasteiger partial charge in [-0.05, 0) is 40.0 Å². The van der Waals surface area contributed by atoms with E-state index in [0.29, 0.717) is 6.54 Å². The molecular weight excluding hydrogens is 444 g/mol. The molecule has 2 unspecified atom stereocenters. The quantitative estimate of drug-likeness (QED) is 0.428. The summed E-state index contributed by atoms with van der Waals surface area (Å²) in [5, 5.41) is 14.7. The third-order valence-corrected chi connectivity index (χ3v) is 6.79. The highest BCUT2D eigenvalue weighted by atomic mass is 16.5. The van der Waals surface area contributed by atoms with E-state index in [1.807, 2.05) is 52.0 Å². The van der Waals surface area contributed by atoms with E-state index < -0.39 is 18.1 Å². The number of alkyl carbamates (subject to hydrolysis) is 1. The van der Waals surface area contributed by atoms with Crippen LogP contribution in [0.4, 0.5) is 4.79 Å². The average Bonchev–Trinajstić information content (AvgIpc) is 3.13. The van der Waals surface area contributed by atoms with Crippen molar-refractivity contribution in [2.75, 3.05) is 13.2 Å². The van der Waals surface area contributed by atoms with E-state index in [2.05, 4.69) is 34.9 Å². The minimum Gasteiger partial charge on any atom is -0.481 e. The number of hydrogen-bond acceptors (Lipinski definition) is 4. The first kappa shape index (κ1) is 26.3. The molecule has 0 radical (unpaired) electrons. The molecule has 3 N–H and O–H groups in total. The monoisotopic (exact) mass is 480 g/mol. The van der Waals surface area contributed by atoms with E-state index in [1.54, 1.807) is 0 Å². The Morgan fingerprint density at radius 2 is 1.46 bits per heavy atom. The molecule has 188 valence electrons. The Balaban J connectivity index is 1.53. The van der Waals surface area contributed by atoms with Crippen LogP contribution in [0.2, 0.25) is 0 Å². The molecule has 1 aliphatic rings. The molecule has 1 aliphatic carbocycles. The number of ether oxygens (including phenoxy) is 1. The van der Waals surface area contributed by atoms with Crippen molar-refractivity contribution in [1.82, 2.24) is 10.6 Å². The van der Waals surface area contributed by atoms with Crippen molar-refractivity contribution in [1.29, 1.82) is 0 Å². The summed E-state index contributed by atoms with van der Waals surface area (Å²) in [7, 11) is 0. The summed E-state index contributed by atoms with van der Waals surface area (Å²) in [5.41, 5.74) is 4.65. The van der Waals surface area contributed by atoms with E-state index in [4.69, 9.17) is 9.84 Å². The van der Waals surface area contributed by atoms with Crippen molar-refractivity contribution in [2.24, 2.45) is 17.8 Å². The van der Waals surface area contributed by atoms with Gasteiger partial charge in [0.2, 0.25) is 5.91 Å². The molecule has 0 bridgehead atoms.